The van der Waals surface area contributed by atoms with E-state index in [9.17, 15) is 19.7 Å². The summed E-state index contributed by atoms with van der Waals surface area (Å²) < 4.78 is 0. The molecule has 27 heavy (non-hydrogen) atoms. The number of nitro benzene ring substituents is 1. The van der Waals surface area contributed by atoms with Crippen LogP contribution in [0.4, 0.5) is 11.4 Å². The third-order valence-corrected chi connectivity index (χ3v) is 5.25. The highest BCUT2D eigenvalue weighted by Crippen LogP contribution is 2.39. The number of thioether (sulfide) groups is 1. The van der Waals surface area contributed by atoms with Gasteiger partial charge in [-0.25, -0.2) is 4.90 Å². The Labute approximate surface area is 161 Å². The van der Waals surface area contributed by atoms with Gasteiger partial charge in [-0.2, -0.15) is 0 Å². The van der Waals surface area contributed by atoms with Gasteiger partial charge in [0.2, 0.25) is 0 Å². The Hall–Kier alpha value is -2.93. The minimum atomic E-state index is -0.497. The predicted molar refractivity (Wildman–Crippen MR) is 107 cm³/mol. The zero-order valence-electron chi connectivity index (χ0n) is 15.2. The Morgan fingerprint density at radius 1 is 1.04 bits per heavy atom. The minimum Gasteiger partial charge on any atom is -0.268 e. The maximum Gasteiger partial charge on any atom is 0.272 e. The van der Waals surface area contributed by atoms with Crippen molar-refractivity contribution in [1.29, 1.82) is 0 Å². The molecular formula is C20H18N2O4S. The van der Waals surface area contributed by atoms with Crippen LogP contribution in [0.5, 0.6) is 0 Å². The van der Waals surface area contributed by atoms with Gasteiger partial charge in [-0.05, 0) is 48.9 Å². The van der Waals surface area contributed by atoms with Gasteiger partial charge >= 0.3 is 0 Å². The summed E-state index contributed by atoms with van der Waals surface area (Å²) in [5.74, 6) is -0.130. The van der Waals surface area contributed by atoms with Crippen LogP contribution in [0.1, 0.15) is 23.6 Å². The number of anilines is 1. The van der Waals surface area contributed by atoms with Crippen molar-refractivity contribution in [2.45, 2.75) is 20.8 Å². The molecule has 0 N–H and O–H groups in total. The monoisotopic (exact) mass is 382 g/mol. The Kier molecular flexibility index (Phi) is 5.14. The van der Waals surface area contributed by atoms with E-state index in [-0.39, 0.29) is 11.6 Å². The number of imide groups is 1. The molecule has 2 aromatic carbocycles. The molecule has 0 saturated carbocycles. The first-order chi connectivity index (χ1) is 12.8. The van der Waals surface area contributed by atoms with Crippen LogP contribution < -0.4 is 4.90 Å². The van der Waals surface area contributed by atoms with Gasteiger partial charge < -0.3 is 0 Å². The molecule has 2 aromatic rings. The Morgan fingerprint density at radius 3 is 2.26 bits per heavy atom. The van der Waals surface area contributed by atoms with E-state index in [2.05, 4.69) is 0 Å². The molecule has 0 aliphatic carbocycles. The number of hydrogen-bond donors (Lipinski definition) is 0. The van der Waals surface area contributed by atoms with Crippen LogP contribution in [0.25, 0.3) is 5.57 Å². The first-order valence-electron chi connectivity index (χ1n) is 8.43. The Morgan fingerprint density at radius 2 is 1.70 bits per heavy atom. The van der Waals surface area contributed by atoms with E-state index in [1.807, 2.05) is 32.9 Å². The fraction of sp³-hybridized carbons (Fsp3) is 0.200. The molecule has 0 atom stereocenters. The van der Waals surface area contributed by atoms with Crippen molar-refractivity contribution in [3.8, 4) is 0 Å². The lowest BCUT2D eigenvalue weighted by molar-refractivity contribution is -0.384. The van der Waals surface area contributed by atoms with Crippen molar-refractivity contribution in [2.75, 3.05) is 10.7 Å². The molecule has 0 fully saturated rings. The lowest BCUT2D eigenvalue weighted by atomic mass is 10.1. The lowest BCUT2D eigenvalue weighted by Gasteiger charge is -2.18. The van der Waals surface area contributed by atoms with E-state index in [0.29, 0.717) is 27.5 Å². The van der Waals surface area contributed by atoms with Crippen molar-refractivity contribution in [3.05, 3.63) is 74.2 Å². The zero-order valence-corrected chi connectivity index (χ0v) is 16.0. The fourth-order valence-electron chi connectivity index (χ4n) is 3.07. The van der Waals surface area contributed by atoms with Gasteiger partial charge in [-0.1, -0.05) is 24.6 Å². The standard InChI is InChI=1S/C20H18N2O4S/c1-4-27-18-17(14-6-8-15(9-7-14)22(25)26)19(23)21(20(18)24)16-10-5-12(2)11-13(16)3/h5-11H,4H2,1-3H3. The maximum absolute atomic E-state index is 13.2. The molecule has 138 valence electrons. The van der Waals surface area contributed by atoms with Crippen LogP contribution in [-0.4, -0.2) is 22.5 Å². The van der Waals surface area contributed by atoms with Gasteiger partial charge in [0.15, 0.2) is 0 Å². The normalized spacial score (nSPS) is 14.3. The summed E-state index contributed by atoms with van der Waals surface area (Å²) in [7, 11) is 0. The number of benzene rings is 2. The topological polar surface area (TPSA) is 80.5 Å². The molecule has 0 saturated heterocycles. The zero-order chi connectivity index (χ0) is 19.7. The number of nitrogens with zero attached hydrogens (tertiary/aromatic N) is 2. The summed E-state index contributed by atoms with van der Waals surface area (Å²) in [4.78, 5) is 38.1. The summed E-state index contributed by atoms with van der Waals surface area (Å²) in [6.07, 6.45) is 0. The third kappa shape index (κ3) is 3.38. The molecule has 0 unspecified atom stereocenters. The number of aryl methyl sites for hydroxylation is 2. The smallest absolute Gasteiger partial charge is 0.268 e. The van der Waals surface area contributed by atoms with Gasteiger partial charge in [-0.3, -0.25) is 19.7 Å². The van der Waals surface area contributed by atoms with Crippen LogP contribution in [0, 0.1) is 24.0 Å². The van der Waals surface area contributed by atoms with Gasteiger partial charge in [0.05, 0.1) is 21.1 Å². The lowest BCUT2D eigenvalue weighted by Crippen LogP contribution is -2.32. The number of hydrogen-bond acceptors (Lipinski definition) is 5. The SMILES string of the molecule is CCSC1=C(c2ccc([N+](=O)[O-])cc2)C(=O)N(c2ccc(C)cc2C)C1=O. The number of carbonyl (C=O) groups excluding carboxylic acids is 2. The molecule has 7 heteroatoms. The number of rotatable bonds is 5. The van der Waals surface area contributed by atoms with Crippen LogP contribution in [0.3, 0.4) is 0 Å². The minimum absolute atomic E-state index is 0.0629. The summed E-state index contributed by atoms with van der Waals surface area (Å²) in [5, 5.41) is 10.9. The second-order valence-corrected chi connectivity index (χ2v) is 7.45. The largest absolute Gasteiger partial charge is 0.272 e. The van der Waals surface area contributed by atoms with Crippen molar-refractivity contribution >= 4 is 40.5 Å². The highest BCUT2D eigenvalue weighted by molar-refractivity contribution is 8.04. The molecule has 6 nitrogen and oxygen atoms in total. The summed E-state index contributed by atoms with van der Waals surface area (Å²) in [6, 6.07) is 11.3. The number of nitro groups is 1. The van der Waals surface area contributed by atoms with E-state index in [1.54, 1.807) is 6.07 Å². The molecule has 3 rings (SSSR count). The van der Waals surface area contributed by atoms with E-state index in [4.69, 9.17) is 0 Å². The molecule has 0 radical (unpaired) electrons. The van der Waals surface area contributed by atoms with Crippen molar-refractivity contribution < 1.29 is 14.5 Å². The van der Waals surface area contributed by atoms with Gasteiger partial charge in [0.25, 0.3) is 17.5 Å². The number of amides is 2. The molecular weight excluding hydrogens is 364 g/mol. The van der Waals surface area contributed by atoms with Gasteiger partial charge in [0.1, 0.15) is 0 Å². The van der Waals surface area contributed by atoms with Crippen molar-refractivity contribution in [3.63, 3.8) is 0 Å². The summed E-state index contributed by atoms with van der Waals surface area (Å²) in [6.45, 7) is 5.71. The molecule has 2 amide bonds. The number of non-ortho nitro benzene ring substituents is 1. The quantitative estimate of drug-likeness (QED) is 0.439. The summed E-state index contributed by atoms with van der Waals surface area (Å²) >= 11 is 1.31. The fourth-order valence-corrected chi connectivity index (χ4v) is 3.92. The molecule has 1 aliphatic rings. The summed E-state index contributed by atoms with van der Waals surface area (Å²) in [5.41, 5.74) is 3.17. The van der Waals surface area contributed by atoms with Crippen LogP contribution >= 0.6 is 11.8 Å². The van der Waals surface area contributed by atoms with Crippen LogP contribution in [0.2, 0.25) is 0 Å². The molecule has 1 aliphatic heterocycles. The maximum atomic E-state index is 13.2. The second-order valence-electron chi connectivity index (χ2n) is 6.18. The first-order valence-corrected chi connectivity index (χ1v) is 9.41. The third-order valence-electron chi connectivity index (χ3n) is 4.29. The van der Waals surface area contributed by atoms with Crippen molar-refractivity contribution in [2.24, 2.45) is 0 Å². The molecule has 0 spiro atoms. The second kappa shape index (κ2) is 7.36. The predicted octanol–water partition coefficient (Wildman–Crippen LogP) is 4.25. The van der Waals surface area contributed by atoms with E-state index < -0.39 is 10.8 Å². The number of carbonyl (C=O) groups is 2. The Bertz CT molecular complexity index is 980. The first kappa shape index (κ1) is 18.8. The molecule has 0 aromatic heterocycles. The van der Waals surface area contributed by atoms with Gasteiger partial charge in [0, 0.05) is 12.1 Å². The highest BCUT2D eigenvalue weighted by Gasteiger charge is 2.40. The highest BCUT2D eigenvalue weighted by atomic mass is 32.2. The van der Waals surface area contributed by atoms with Crippen LogP contribution in [0.15, 0.2) is 47.4 Å². The molecule has 1 heterocycles. The average Bonchev–Trinajstić information content (AvgIpc) is 2.86. The average molecular weight is 382 g/mol. The van der Waals surface area contributed by atoms with E-state index in [1.165, 1.54) is 40.9 Å². The van der Waals surface area contributed by atoms with Gasteiger partial charge in [-0.15, -0.1) is 11.8 Å². The van der Waals surface area contributed by atoms with E-state index in [0.717, 1.165) is 11.1 Å². The Balaban J connectivity index is 2.09. The molecule has 0 bridgehead atoms. The van der Waals surface area contributed by atoms with Crippen LogP contribution in [-0.2, 0) is 9.59 Å². The van der Waals surface area contributed by atoms with E-state index >= 15 is 0 Å². The van der Waals surface area contributed by atoms with Crippen molar-refractivity contribution in [1.82, 2.24) is 0 Å².